The zero-order chi connectivity index (χ0) is 7.68. The van der Waals surface area contributed by atoms with Gasteiger partial charge in [-0.25, -0.2) is 0 Å². The topological polar surface area (TPSA) is 21.1 Å². The molecule has 1 aliphatic heterocycles. The van der Waals surface area contributed by atoms with Crippen molar-refractivity contribution < 1.29 is 0 Å². The molecular formula is C8H13N3. The Kier molecular flexibility index (Phi) is 1.66. The second-order valence-electron chi connectivity index (χ2n) is 3.10. The first kappa shape index (κ1) is 6.85. The Morgan fingerprint density at radius 1 is 1.36 bits per heavy atom. The van der Waals surface area contributed by atoms with E-state index in [1.807, 2.05) is 6.20 Å². The molecule has 3 nitrogen and oxygen atoms in total. The van der Waals surface area contributed by atoms with Gasteiger partial charge in [-0.2, -0.15) is 5.10 Å². The van der Waals surface area contributed by atoms with Crippen molar-refractivity contribution in [2.45, 2.75) is 13.0 Å². The van der Waals surface area contributed by atoms with E-state index < -0.39 is 0 Å². The molecule has 0 atom stereocenters. The van der Waals surface area contributed by atoms with Gasteiger partial charge in [0.1, 0.15) is 0 Å². The van der Waals surface area contributed by atoms with Gasteiger partial charge in [0.25, 0.3) is 0 Å². The van der Waals surface area contributed by atoms with E-state index in [9.17, 15) is 0 Å². The van der Waals surface area contributed by atoms with Gasteiger partial charge in [0.2, 0.25) is 0 Å². The summed E-state index contributed by atoms with van der Waals surface area (Å²) in [6, 6.07) is 2.11. The molecule has 60 valence electrons. The fraction of sp³-hybridized carbons (Fsp3) is 0.625. The molecule has 2 heterocycles. The molecular weight excluding hydrogens is 138 g/mol. The van der Waals surface area contributed by atoms with Crippen molar-refractivity contribution in [3.63, 3.8) is 0 Å². The lowest BCUT2D eigenvalue weighted by Crippen LogP contribution is -2.21. The van der Waals surface area contributed by atoms with E-state index in [4.69, 9.17) is 0 Å². The van der Waals surface area contributed by atoms with Crippen molar-refractivity contribution in [3.8, 4) is 0 Å². The zero-order valence-corrected chi connectivity index (χ0v) is 6.82. The smallest absolute Gasteiger partial charge is 0.0539 e. The SMILES string of the molecule is CN1CCc2ccnn2CC1. The van der Waals surface area contributed by atoms with E-state index in [1.54, 1.807) is 0 Å². The highest BCUT2D eigenvalue weighted by Gasteiger charge is 2.09. The first-order chi connectivity index (χ1) is 5.36. The molecule has 1 aromatic rings. The maximum atomic E-state index is 4.24. The maximum Gasteiger partial charge on any atom is 0.0539 e. The van der Waals surface area contributed by atoms with Crippen molar-refractivity contribution in [2.75, 3.05) is 20.1 Å². The van der Waals surface area contributed by atoms with Crippen LogP contribution in [-0.4, -0.2) is 34.8 Å². The summed E-state index contributed by atoms with van der Waals surface area (Å²) in [5.41, 5.74) is 1.37. The number of nitrogens with zero attached hydrogens (tertiary/aromatic N) is 3. The predicted molar refractivity (Wildman–Crippen MR) is 43.4 cm³/mol. The number of hydrogen-bond acceptors (Lipinski definition) is 2. The molecule has 0 fully saturated rings. The summed E-state index contributed by atoms with van der Waals surface area (Å²) < 4.78 is 2.10. The van der Waals surface area contributed by atoms with Gasteiger partial charge in [0, 0.05) is 31.4 Å². The lowest BCUT2D eigenvalue weighted by molar-refractivity contribution is 0.337. The molecule has 11 heavy (non-hydrogen) atoms. The average molecular weight is 151 g/mol. The Morgan fingerprint density at radius 2 is 2.27 bits per heavy atom. The molecule has 0 N–H and O–H groups in total. The van der Waals surface area contributed by atoms with E-state index in [0.29, 0.717) is 0 Å². The summed E-state index contributed by atoms with van der Waals surface area (Å²) in [5, 5.41) is 4.24. The van der Waals surface area contributed by atoms with Crippen molar-refractivity contribution in [3.05, 3.63) is 18.0 Å². The lowest BCUT2D eigenvalue weighted by Gasteiger charge is -2.10. The van der Waals surface area contributed by atoms with Crippen LogP contribution in [0.15, 0.2) is 12.3 Å². The van der Waals surface area contributed by atoms with Crippen LogP contribution < -0.4 is 0 Å². The fourth-order valence-corrected chi connectivity index (χ4v) is 1.46. The Hall–Kier alpha value is -0.830. The summed E-state index contributed by atoms with van der Waals surface area (Å²) in [5.74, 6) is 0. The van der Waals surface area contributed by atoms with E-state index in [0.717, 1.165) is 26.1 Å². The number of aromatic nitrogens is 2. The van der Waals surface area contributed by atoms with Crippen molar-refractivity contribution >= 4 is 0 Å². The van der Waals surface area contributed by atoms with Crippen LogP contribution in [0.4, 0.5) is 0 Å². The second-order valence-corrected chi connectivity index (χ2v) is 3.10. The molecule has 1 aromatic heterocycles. The molecule has 0 spiro atoms. The second kappa shape index (κ2) is 2.66. The number of likely N-dealkylation sites (N-methyl/N-ethyl adjacent to an activating group) is 1. The minimum absolute atomic E-state index is 1.04. The van der Waals surface area contributed by atoms with Crippen LogP contribution >= 0.6 is 0 Å². The zero-order valence-electron chi connectivity index (χ0n) is 6.82. The Bertz CT molecular complexity index is 219. The van der Waals surface area contributed by atoms with Gasteiger partial charge in [-0.15, -0.1) is 0 Å². The summed E-state index contributed by atoms with van der Waals surface area (Å²) in [6.45, 7) is 3.32. The van der Waals surface area contributed by atoms with Crippen LogP contribution in [0, 0.1) is 0 Å². The monoisotopic (exact) mass is 151 g/mol. The van der Waals surface area contributed by atoms with Crippen LogP contribution in [0.3, 0.4) is 0 Å². The van der Waals surface area contributed by atoms with Crippen molar-refractivity contribution in [1.29, 1.82) is 0 Å². The van der Waals surface area contributed by atoms with Crippen LogP contribution in [0.5, 0.6) is 0 Å². The molecule has 0 saturated heterocycles. The van der Waals surface area contributed by atoms with Crippen LogP contribution in [0.25, 0.3) is 0 Å². The quantitative estimate of drug-likeness (QED) is 0.534. The third kappa shape index (κ3) is 1.28. The fourth-order valence-electron chi connectivity index (χ4n) is 1.46. The van der Waals surface area contributed by atoms with Crippen LogP contribution in [-0.2, 0) is 13.0 Å². The van der Waals surface area contributed by atoms with Gasteiger partial charge in [-0.1, -0.05) is 0 Å². The third-order valence-electron chi connectivity index (χ3n) is 2.25. The minimum atomic E-state index is 1.04. The maximum absolute atomic E-state index is 4.24. The molecule has 0 bridgehead atoms. The number of hydrogen-bond donors (Lipinski definition) is 0. The van der Waals surface area contributed by atoms with Gasteiger partial charge < -0.3 is 4.90 Å². The Labute approximate surface area is 66.6 Å². The van der Waals surface area contributed by atoms with E-state index in [-0.39, 0.29) is 0 Å². The van der Waals surface area contributed by atoms with Gasteiger partial charge in [0.15, 0.2) is 0 Å². The summed E-state index contributed by atoms with van der Waals surface area (Å²) >= 11 is 0. The molecule has 0 aliphatic carbocycles. The molecule has 0 radical (unpaired) electrons. The highest BCUT2D eigenvalue weighted by molar-refractivity contribution is 5.02. The van der Waals surface area contributed by atoms with Crippen LogP contribution in [0.2, 0.25) is 0 Å². The van der Waals surface area contributed by atoms with Gasteiger partial charge >= 0.3 is 0 Å². The van der Waals surface area contributed by atoms with E-state index >= 15 is 0 Å². The standard InChI is InChI=1S/C8H13N3/c1-10-5-3-8-2-4-9-11(8)7-6-10/h2,4H,3,5-7H2,1H3. The minimum Gasteiger partial charge on any atom is -0.304 e. The molecule has 0 amide bonds. The molecule has 1 aliphatic rings. The van der Waals surface area contributed by atoms with Crippen LogP contribution in [0.1, 0.15) is 5.69 Å². The molecule has 2 rings (SSSR count). The largest absolute Gasteiger partial charge is 0.304 e. The number of rotatable bonds is 0. The van der Waals surface area contributed by atoms with Gasteiger partial charge in [-0.3, -0.25) is 4.68 Å². The van der Waals surface area contributed by atoms with Gasteiger partial charge in [-0.05, 0) is 13.1 Å². The first-order valence-corrected chi connectivity index (χ1v) is 4.05. The van der Waals surface area contributed by atoms with E-state index in [2.05, 4.69) is 27.8 Å². The number of fused-ring (bicyclic) bond motifs is 1. The summed E-state index contributed by atoms with van der Waals surface area (Å²) in [6.07, 6.45) is 3.02. The molecule has 0 saturated carbocycles. The highest BCUT2D eigenvalue weighted by Crippen LogP contribution is 2.05. The molecule has 3 heteroatoms. The molecule has 0 unspecified atom stereocenters. The Balaban J connectivity index is 2.20. The average Bonchev–Trinajstić information content (AvgIpc) is 2.38. The Morgan fingerprint density at radius 3 is 3.18 bits per heavy atom. The first-order valence-electron chi connectivity index (χ1n) is 4.05. The normalized spacial score (nSPS) is 19.4. The highest BCUT2D eigenvalue weighted by atomic mass is 15.3. The summed E-state index contributed by atoms with van der Waals surface area (Å²) in [4.78, 5) is 2.34. The summed E-state index contributed by atoms with van der Waals surface area (Å²) in [7, 11) is 2.16. The van der Waals surface area contributed by atoms with Crippen molar-refractivity contribution in [1.82, 2.24) is 14.7 Å². The van der Waals surface area contributed by atoms with Crippen molar-refractivity contribution in [2.24, 2.45) is 0 Å². The van der Waals surface area contributed by atoms with E-state index in [1.165, 1.54) is 5.69 Å². The molecule has 0 aromatic carbocycles. The third-order valence-corrected chi connectivity index (χ3v) is 2.25. The lowest BCUT2D eigenvalue weighted by atomic mass is 10.3. The van der Waals surface area contributed by atoms with Gasteiger partial charge in [0.05, 0.1) is 6.54 Å². The predicted octanol–water partition coefficient (Wildman–Crippen LogP) is 0.371.